The quantitative estimate of drug-likeness (QED) is 0.640. The SMILES string of the molecule is CC(C)c1cc(CN(C)C(=O)CCCn2cnc3ccccc3c2=O)no1. The lowest BCUT2D eigenvalue weighted by Gasteiger charge is -2.15. The molecule has 7 nitrogen and oxygen atoms in total. The number of para-hydroxylation sites is 1. The van der Waals surface area contributed by atoms with Gasteiger partial charge in [-0.05, 0) is 18.6 Å². The van der Waals surface area contributed by atoms with Gasteiger partial charge in [0.25, 0.3) is 5.56 Å². The van der Waals surface area contributed by atoms with Gasteiger partial charge in [-0.2, -0.15) is 0 Å². The molecule has 0 atom stereocenters. The Labute approximate surface area is 157 Å². The summed E-state index contributed by atoms with van der Waals surface area (Å²) in [6.07, 6.45) is 2.46. The van der Waals surface area contributed by atoms with Crippen molar-refractivity contribution < 1.29 is 9.32 Å². The van der Waals surface area contributed by atoms with E-state index in [4.69, 9.17) is 4.52 Å². The van der Waals surface area contributed by atoms with Crippen molar-refractivity contribution in [1.29, 1.82) is 0 Å². The average molecular weight is 368 g/mol. The van der Waals surface area contributed by atoms with Gasteiger partial charge in [0.1, 0.15) is 11.5 Å². The topological polar surface area (TPSA) is 81.2 Å². The van der Waals surface area contributed by atoms with Crippen LogP contribution in [0.15, 0.2) is 46.0 Å². The van der Waals surface area contributed by atoms with E-state index in [0.29, 0.717) is 36.8 Å². The number of hydrogen-bond acceptors (Lipinski definition) is 5. The molecule has 2 aromatic heterocycles. The van der Waals surface area contributed by atoms with E-state index in [1.54, 1.807) is 28.9 Å². The second-order valence-electron chi connectivity index (χ2n) is 6.99. The zero-order chi connectivity index (χ0) is 19.4. The minimum atomic E-state index is -0.0785. The van der Waals surface area contributed by atoms with Gasteiger partial charge in [-0.15, -0.1) is 0 Å². The lowest BCUT2D eigenvalue weighted by atomic mass is 10.1. The number of aryl methyl sites for hydroxylation is 1. The summed E-state index contributed by atoms with van der Waals surface area (Å²) < 4.78 is 6.82. The van der Waals surface area contributed by atoms with Gasteiger partial charge in [0.05, 0.1) is 23.8 Å². The molecule has 1 aromatic carbocycles. The number of fused-ring (bicyclic) bond motifs is 1. The third-order valence-corrected chi connectivity index (χ3v) is 4.49. The van der Waals surface area contributed by atoms with Crippen LogP contribution in [0.2, 0.25) is 0 Å². The molecule has 7 heteroatoms. The molecule has 0 N–H and O–H groups in total. The first-order chi connectivity index (χ1) is 13.0. The second kappa shape index (κ2) is 8.16. The molecule has 0 fully saturated rings. The highest BCUT2D eigenvalue weighted by Crippen LogP contribution is 2.16. The Morgan fingerprint density at radius 1 is 1.30 bits per heavy atom. The Bertz CT molecular complexity index is 990. The number of benzene rings is 1. The Hall–Kier alpha value is -2.96. The van der Waals surface area contributed by atoms with Crippen LogP contribution in [0.5, 0.6) is 0 Å². The summed E-state index contributed by atoms with van der Waals surface area (Å²) in [6, 6.07) is 9.14. The molecule has 0 aliphatic heterocycles. The fourth-order valence-electron chi connectivity index (χ4n) is 2.86. The highest BCUT2D eigenvalue weighted by Gasteiger charge is 2.14. The van der Waals surface area contributed by atoms with Gasteiger partial charge in [0, 0.05) is 32.0 Å². The van der Waals surface area contributed by atoms with E-state index in [1.165, 1.54) is 0 Å². The highest BCUT2D eigenvalue weighted by atomic mass is 16.5. The summed E-state index contributed by atoms with van der Waals surface area (Å²) in [7, 11) is 1.75. The molecule has 3 rings (SSSR count). The van der Waals surface area contributed by atoms with Gasteiger partial charge < -0.3 is 9.42 Å². The molecule has 0 bridgehead atoms. The van der Waals surface area contributed by atoms with Crippen molar-refractivity contribution >= 4 is 16.8 Å². The van der Waals surface area contributed by atoms with Gasteiger partial charge in [-0.1, -0.05) is 31.1 Å². The minimum Gasteiger partial charge on any atom is -0.361 e. The normalized spacial score (nSPS) is 11.3. The maximum absolute atomic E-state index is 12.4. The number of amides is 1. The van der Waals surface area contributed by atoms with Crippen molar-refractivity contribution in [3.05, 3.63) is 58.5 Å². The first-order valence-electron chi connectivity index (χ1n) is 9.09. The molecular weight excluding hydrogens is 344 g/mol. The number of rotatable bonds is 7. The van der Waals surface area contributed by atoms with E-state index >= 15 is 0 Å². The van der Waals surface area contributed by atoms with Crippen molar-refractivity contribution in [2.24, 2.45) is 0 Å². The van der Waals surface area contributed by atoms with Gasteiger partial charge >= 0.3 is 0 Å². The molecule has 0 aliphatic rings. The van der Waals surface area contributed by atoms with Crippen LogP contribution < -0.4 is 5.56 Å². The van der Waals surface area contributed by atoms with E-state index in [-0.39, 0.29) is 17.4 Å². The van der Waals surface area contributed by atoms with Crippen LogP contribution in [0.25, 0.3) is 10.9 Å². The van der Waals surface area contributed by atoms with Gasteiger partial charge in [0.2, 0.25) is 5.91 Å². The molecule has 0 radical (unpaired) electrons. The van der Waals surface area contributed by atoms with E-state index < -0.39 is 0 Å². The maximum Gasteiger partial charge on any atom is 0.261 e. The van der Waals surface area contributed by atoms with Gasteiger partial charge in [0.15, 0.2) is 0 Å². The van der Waals surface area contributed by atoms with Crippen LogP contribution in [-0.2, 0) is 17.9 Å². The van der Waals surface area contributed by atoms with Crippen LogP contribution in [-0.4, -0.2) is 32.6 Å². The van der Waals surface area contributed by atoms with E-state index in [1.807, 2.05) is 38.1 Å². The third kappa shape index (κ3) is 4.42. The van der Waals surface area contributed by atoms with Gasteiger partial charge in [-0.25, -0.2) is 4.98 Å². The van der Waals surface area contributed by atoms with Crippen LogP contribution >= 0.6 is 0 Å². The molecular formula is C20H24N4O3. The third-order valence-electron chi connectivity index (χ3n) is 4.49. The monoisotopic (exact) mass is 368 g/mol. The van der Waals surface area contributed by atoms with Crippen LogP contribution in [0.3, 0.4) is 0 Å². The molecule has 0 unspecified atom stereocenters. The molecule has 1 amide bonds. The van der Waals surface area contributed by atoms with Crippen LogP contribution in [0.4, 0.5) is 0 Å². The van der Waals surface area contributed by atoms with E-state index in [0.717, 1.165) is 11.5 Å². The van der Waals surface area contributed by atoms with Crippen molar-refractivity contribution in [3.8, 4) is 0 Å². The van der Waals surface area contributed by atoms with Crippen molar-refractivity contribution in [2.75, 3.05) is 7.05 Å². The second-order valence-corrected chi connectivity index (χ2v) is 6.99. The molecule has 142 valence electrons. The lowest BCUT2D eigenvalue weighted by Crippen LogP contribution is -2.27. The molecule has 0 aliphatic carbocycles. The summed E-state index contributed by atoms with van der Waals surface area (Å²) in [4.78, 5) is 30.7. The number of carbonyl (C=O) groups is 1. The Morgan fingerprint density at radius 2 is 2.07 bits per heavy atom. The van der Waals surface area contributed by atoms with Gasteiger partial charge in [-0.3, -0.25) is 14.2 Å². The summed E-state index contributed by atoms with van der Waals surface area (Å²) in [5.41, 5.74) is 1.35. The fraction of sp³-hybridized carbons (Fsp3) is 0.400. The summed E-state index contributed by atoms with van der Waals surface area (Å²) in [6.45, 7) is 4.93. The Kier molecular flexibility index (Phi) is 5.69. The number of hydrogen-bond donors (Lipinski definition) is 0. The summed E-state index contributed by atoms with van der Waals surface area (Å²) in [5, 5.41) is 4.60. The molecule has 3 aromatic rings. The predicted molar refractivity (Wildman–Crippen MR) is 102 cm³/mol. The van der Waals surface area contributed by atoms with Crippen molar-refractivity contribution in [1.82, 2.24) is 19.6 Å². The predicted octanol–water partition coefficient (Wildman–Crippen LogP) is 2.95. The Morgan fingerprint density at radius 3 is 2.81 bits per heavy atom. The number of carbonyl (C=O) groups excluding carboxylic acids is 1. The minimum absolute atomic E-state index is 0.00546. The molecule has 0 saturated heterocycles. The zero-order valence-electron chi connectivity index (χ0n) is 15.9. The first-order valence-corrected chi connectivity index (χ1v) is 9.09. The molecule has 27 heavy (non-hydrogen) atoms. The summed E-state index contributed by atoms with van der Waals surface area (Å²) >= 11 is 0. The highest BCUT2D eigenvalue weighted by molar-refractivity contribution is 5.77. The number of aromatic nitrogens is 3. The maximum atomic E-state index is 12.4. The largest absolute Gasteiger partial charge is 0.361 e. The van der Waals surface area contributed by atoms with E-state index in [9.17, 15) is 9.59 Å². The van der Waals surface area contributed by atoms with Crippen LogP contribution in [0, 0.1) is 0 Å². The first kappa shape index (κ1) is 18.8. The molecule has 0 spiro atoms. The Balaban J connectivity index is 1.54. The molecule has 0 saturated carbocycles. The zero-order valence-corrected chi connectivity index (χ0v) is 15.9. The number of nitrogens with zero attached hydrogens (tertiary/aromatic N) is 4. The molecule has 2 heterocycles. The average Bonchev–Trinajstić information content (AvgIpc) is 3.12. The standard InChI is InChI=1S/C20H24N4O3/c1-14(2)18-11-15(22-27-18)12-23(3)19(25)9-6-10-24-13-21-17-8-5-4-7-16(17)20(24)26/h4-5,7-8,11,13-14H,6,9-10,12H2,1-3H3. The smallest absolute Gasteiger partial charge is 0.261 e. The van der Waals surface area contributed by atoms with Crippen molar-refractivity contribution in [2.45, 2.75) is 45.7 Å². The lowest BCUT2D eigenvalue weighted by molar-refractivity contribution is -0.130. The summed E-state index contributed by atoms with van der Waals surface area (Å²) in [5.74, 6) is 1.08. The van der Waals surface area contributed by atoms with Crippen LogP contribution in [0.1, 0.15) is 44.1 Å². The fourth-order valence-corrected chi connectivity index (χ4v) is 2.86. The van der Waals surface area contributed by atoms with E-state index in [2.05, 4.69) is 10.1 Å². The van der Waals surface area contributed by atoms with Crippen molar-refractivity contribution in [3.63, 3.8) is 0 Å².